The number of hydrogen-bond acceptors (Lipinski definition) is 6. The van der Waals surface area contributed by atoms with Crippen molar-refractivity contribution in [1.82, 2.24) is 4.90 Å². The fourth-order valence-electron chi connectivity index (χ4n) is 3.53. The minimum Gasteiger partial charge on any atom is -0.493 e. The number of rotatable bonds is 8. The molecule has 1 heterocycles. The molecule has 4 rings (SSSR count). The van der Waals surface area contributed by atoms with Gasteiger partial charge in [-0.25, -0.2) is 4.39 Å². The van der Waals surface area contributed by atoms with Crippen molar-refractivity contribution >= 4 is 74.8 Å². The van der Waals surface area contributed by atoms with Crippen LogP contribution < -0.4 is 14.8 Å². The molecule has 0 bridgehead atoms. The van der Waals surface area contributed by atoms with Crippen molar-refractivity contribution in [3.8, 4) is 11.5 Å². The molecule has 38 heavy (non-hydrogen) atoms. The molecule has 7 nitrogen and oxygen atoms in total. The zero-order chi connectivity index (χ0) is 27.4. The molecule has 0 unspecified atom stereocenters. The lowest BCUT2D eigenvalue weighted by Gasteiger charge is -2.14. The van der Waals surface area contributed by atoms with E-state index in [0.29, 0.717) is 36.9 Å². The highest BCUT2D eigenvalue weighted by molar-refractivity contribution is 14.1. The van der Waals surface area contributed by atoms with Gasteiger partial charge >= 0.3 is 0 Å². The number of halogens is 3. The summed E-state index contributed by atoms with van der Waals surface area (Å²) in [5.41, 5.74) is 2.31. The van der Waals surface area contributed by atoms with Gasteiger partial charge in [-0.3, -0.25) is 19.3 Å². The molecule has 196 valence electrons. The number of ether oxygens (including phenoxy) is 2. The summed E-state index contributed by atoms with van der Waals surface area (Å²) < 4.78 is 25.9. The number of anilines is 1. The number of hydrogen-bond donors (Lipinski definition) is 1. The molecule has 1 aliphatic heterocycles. The number of methoxy groups -OCH3 is 1. The van der Waals surface area contributed by atoms with Crippen LogP contribution in [0.3, 0.4) is 0 Å². The average Bonchev–Trinajstić information content (AvgIpc) is 3.13. The smallest absolute Gasteiger partial charge is 0.294 e. The predicted molar refractivity (Wildman–Crippen MR) is 154 cm³/mol. The Bertz CT molecular complexity index is 1470. The van der Waals surface area contributed by atoms with Crippen LogP contribution in [0.4, 0.5) is 14.9 Å². The first-order valence-corrected chi connectivity index (χ1v) is 13.5. The molecular formula is C27H21ClFIN2O5S. The summed E-state index contributed by atoms with van der Waals surface area (Å²) in [7, 11) is 1.47. The predicted octanol–water partition coefficient (Wildman–Crippen LogP) is 6.65. The van der Waals surface area contributed by atoms with Crippen molar-refractivity contribution in [3.63, 3.8) is 0 Å². The number of nitrogens with zero attached hydrogens (tertiary/aromatic N) is 1. The molecule has 1 fully saturated rings. The first-order valence-electron chi connectivity index (χ1n) is 11.2. The van der Waals surface area contributed by atoms with Crippen LogP contribution in [0, 0.1) is 16.3 Å². The van der Waals surface area contributed by atoms with Crippen LogP contribution in [0.2, 0.25) is 5.02 Å². The highest BCUT2D eigenvalue weighted by atomic mass is 127. The van der Waals surface area contributed by atoms with Gasteiger partial charge in [-0.2, -0.15) is 0 Å². The monoisotopic (exact) mass is 666 g/mol. The van der Waals surface area contributed by atoms with E-state index in [9.17, 15) is 18.8 Å². The molecule has 3 aromatic rings. The second kappa shape index (κ2) is 12.2. The fraction of sp³-hybridized carbons (Fsp3) is 0.148. The number of thioether (sulfide) groups is 1. The van der Waals surface area contributed by atoms with E-state index in [1.165, 1.54) is 13.2 Å². The first kappa shape index (κ1) is 27.9. The van der Waals surface area contributed by atoms with E-state index in [1.54, 1.807) is 54.6 Å². The fourth-order valence-corrected chi connectivity index (χ4v) is 5.33. The molecule has 1 N–H and O–H groups in total. The van der Waals surface area contributed by atoms with Gasteiger partial charge in [0.15, 0.2) is 11.5 Å². The van der Waals surface area contributed by atoms with Crippen LogP contribution in [0.5, 0.6) is 11.5 Å². The Morgan fingerprint density at radius 2 is 1.95 bits per heavy atom. The third-order valence-electron chi connectivity index (χ3n) is 5.51. The van der Waals surface area contributed by atoms with Crippen LogP contribution >= 0.6 is 46.0 Å². The van der Waals surface area contributed by atoms with Crippen LogP contribution in [0.1, 0.15) is 16.7 Å². The van der Waals surface area contributed by atoms with Crippen LogP contribution in [-0.4, -0.2) is 35.6 Å². The summed E-state index contributed by atoms with van der Waals surface area (Å²) in [6, 6.07) is 14.8. The maximum Gasteiger partial charge on any atom is 0.294 e. The lowest BCUT2D eigenvalue weighted by molar-refractivity contribution is -0.127. The molecule has 0 aliphatic carbocycles. The number of benzene rings is 3. The van der Waals surface area contributed by atoms with Crippen LogP contribution in [0.25, 0.3) is 6.08 Å². The van der Waals surface area contributed by atoms with Crippen molar-refractivity contribution in [3.05, 3.63) is 90.6 Å². The van der Waals surface area contributed by atoms with E-state index in [2.05, 4.69) is 27.9 Å². The largest absolute Gasteiger partial charge is 0.493 e. The second-order valence-electron chi connectivity index (χ2n) is 8.19. The Balaban J connectivity index is 1.47. The van der Waals surface area contributed by atoms with Gasteiger partial charge in [0.05, 0.1) is 15.6 Å². The van der Waals surface area contributed by atoms with Gasteiger partial charge in [0.2, 0.25) is 5.91 Å². The highest BCUT2D eigenvalue weighted by Gasteiger charge is 2.36. The number of aryl methyl sites for hydroxylation is 1. The van der Waals surface area contributed by atoms with Crippen molar-refractivity contribution in [2.75, 3.05) is 19.0 Å². The van der Waals surface area contributed by atoms with Crippen molar-refractivity contribution in [2.45, 2.75) is 13.5 Å². The van der Waals surface area contributed by atoms with Gasteiger partial charge < -0.3 is 14.8 Å². The van der Waals surface area contributed by atoms with E-state index < -0.39 is 23.6 Å². The summed E-state index contributed by atoms with van der Waals surface area (Å²) >= 11 is 8.89. The quantitative estimate of drug-likeness (QED) is 0.214. The molecular weight excluding hydrogens is 646 g/mol. The van der Waals surface area contributed by atoms with Gasteiger partial charge in [0, 0.05) is 16.3 Å². The van der Waals surface area contributed by atoms with Gasteiger partial charge in [0.1, 0.15) is 19.0 Å². The lowest BCUT2D eigenvalue weighted by atomic mass is 10.1. The molecule has 3 amide bonds. The normalized spacial score (nSPS) is 14.2. The number of nitrogens with one attached hydrogen (secondary N) is 1. The average molecular weight is 667 g/mol. The molecule has 0 radical (unpaired) electrons. The first-order chi connectivity index (χ1) is 18.2. The minimum absolute atomic E-state index is 0.00806. The van der Waals surface area contributed by atoms with Gasteiger partial charge in [-0.05, 0) is 88.8 Å². The van der Waals surface area contributed by atoms with E-state index >= 15 is 0 Å². The highest BCUT2D eigenvalue weighted by Crippen LogP contribution is 2.37. The summed E-state index contributed by atoms with van der Waals surface area (Å²) in [5, 5.41) is 2.59. The van der Waals surface area contributed by atoms with Gasteiger partial charge in [-0.1, -0.05) is 35.9 Å². The van der Waals surface area contributed by atoms with E-state index in [0.717, 1.165) is 22.2 Å². The van der Waals surface area contributed by atoms with Crippen molar-refractivity contribution < 1.29 is 28.2 Å². The third kappa shape index (κ3) is 6.48. The molecule has 11 heteroatoms. The SMILES string of the molecule is COc1cc(/C=C2/SC(=O)N(CC(=O)Nc3ccc(C)c(Cl)c3)C2=O)cc(I)c1OCc1ccccc1F. The summed E-state index contributed by atoms with van der Waals surface area (Å²) in [4.78, 5) is 39.0. The van der Waals surface area contributed by atoms with Crippen molar-refractivity contribution in [1.29, 1.82) is 0 Å². The second-order valence-corrected chi connectivity index (χ2v) is 10.8. The number of imide groups is 1. The van der Waals surface area contributed by atoms with Crippen molar-refractivity contribution in [2.24, 2.45) is 0 Å². The van der Waals surface area contributed by atoms with E-state index in [1.807, 2.05) is 6.92 Å². The molecule has 0 spiro atoms. The summed E-state index contributed by atoms with van der Waals surface area (Å²) in [6.45, 7) is 1.41. The Kier molecular flexibility index (Phi) is 8.95. The summed E-state index contributed by atoms with van der Waals surface area (Å²) in [6.07, 6.45) is 1.55. The molecule has 0 atom stereocenters. The molecule has 1 saturated heterocycles. The van der Waals surface area contributed by atoms with Gasteiger partial charge in [0.25, 0.3) is 11.1 Å². The lowest BCUT2D eigenvalue weighted by Crippen LogP contribution is -2.36. The van der Waals surface area contributed by atoms with Crippen LogP contribution in [-0.2, 0) is 16.2 Å². The molecule has 0 saturated carbocycles. The number of carbonyl (C=O) groups is 3. The zero-order valence-corrected chi connectivity index (χ0v) is 23.9. The minimum atomic E-state index is -0.578. The maximum atomic E-state index is 14.0. The molecule has 1 aliphatic rings. The molecule has 0 aromatic heterocycles. The standard InChI is InChI=1S/C27H21ClFIN2O5S/c1-15-7-8-18(12-19(15)28)31-24(33)13-32-26(34)23(38-27(32)35)11-16-9-21(30)25(22(10-16)36-2)37-14-17-5-3-4-6-20(17)29/h3-12H,13-14H2,1-2H3,(H,31,33)/b23-11+. The Labute approximate surface area is 241 Å². The topological polar surface area (TPSA) is 84.9 Å². The van der Waals surface area contributed by atoms with E-state index in [4.69, 9.17) is 21.1 Å². The number of carbonyl (C=O) groups excluding carboxylic acids is 3. The Morgan fingerprint density at radius 3 is 2.66 bits per heavy atom. The Hall–Kier alpha value is -3.09. The third-order valence-corrected chi connectivity index (χ3v) is 7.63. The zero-order valence-electron chi connectivity index (χ0n) is 20.2. The van der Waals surface area contributed by atoms with Crippen LogP contribution in [0.15, 0.2) is 59.5 Å². The molecule has 3 aromatic carbocycles. The maximum absolute atomic E-state index is 14.0. The number of amides is 3. The van der Waals surface area contributed by atoms with E-state index in [-0.39, 0.29) is 17.3 Å². The van der Waals surface area contributed by atoms with Gasteiger partial charge in [-0.15, -0.1) is 0 Å². The summed E-state index contributed by atoms with van der Waals surface area (Å²) in [5.74, 6) is -0.665. The Morgan fingerprint density at radius 1 is 1.18 bits per heavy atom.